The summed E-state index contributed by atoms with van der Waals surface area (Å²) in [5, 5.41) is 12.1. The van der Waals surface area contributed by atoms with E-state index in [1.54, 1.807) is 6.20 Å². The maximum absolute atomic E-state index is 5.87. The van der Waals surface area contributed by atoms with Gasteiger partial charge < -0.3 is 14.6 Å². The van der Waals surface area contributed by atoms with Crippen molar-refractivity contribution in [3.05, 3.63) is 71.6 Å². The Morgan fingerprint density at radius 1 is 1.19 bits per heavy atom. The van der Waals surface area contributed by atoms with Crippen molar-refractivity contribution in [1.29, 1.82) is 0 Å². The molecular weight excluding hydrogens is 326 g/mol. The van der Waals surface area contributed by atoms with Crippen LogP contribution in [0.2, 0.25) is 0 Å². The molecule has 0 radical (unpaired) electrons. The lowest BCUT2D eigenvalue weighted by molar-refractivity contribution is 0.300. The second-order valence-electron chi connectivity index (χ2n) is 6.65. The molecule has 26 heavy (non-hydrogen) atoms. The summed E-state index contributed by atoms with van der Waals surface area (Å²) in [6, 6.07) is 14.5. The molecule has 1 aromatic carbocycles. The first-order chi connectivity index (χ1) is 12.8. The fourth-order valence-corrected chi connectivity index (χ4v) is 3.28. The van der Waals surface area contributed by atoms with Crippen LogP contribution in [0.3, 0.4) is 0 Å². The highest BCUT2D eigenvalue weighted by atomic mass is 16.5. The molecule has 0 unspecified atom stereocenters. The lowest BCUT2D eigenvalue weighted by Gasteiger charge is -2.25. The summed E-state index contributed by atoms with van der Waals surface area (Å²) in [6.45, 7) is 4.25. The summed E-state index contributed by atoms with van der Waals surface area (Å²) in [5.41, 5.74) is 2.15. The number of hydrogen-bond acceptors (Lipinski definition) is 5. The Hall–Kier alpha value is -2.73. The van der Waals surface area contributed by atoms with Crippen molar-refractivity contribution in [1.82, 2.24) is 25.1 Å². The van der Waals surface area contributed by atoms with Crippen LogP contribution in [0.15, 0.2) is 48.7 Å². The number of nitrogens with zero attached hydrogens (tertiary/aromatic N) is 4. The maximum Gasteiger partial charge on any atom is 0.133 e. The minimum atomic E-state index is 0.440. The molecule has 0 bridgehead atoms. The molecule has 0 spiro atoms. The lowest BCUT2D eigenvalue weighted by atomic mass is 10.1. The Kier molecular flexibility index (Phi) is 4.93. The molecule has 4 rings (SSSR count). The zero-order chi connectivity index (χ0) is 17.8. The van der Waals surface area contributed by atoms with Gasteiger partial charge in [0.25, 0.3) is 0 Å². The summed E-state index contributed by atoms with van der Waals surface area (Å²) in [6.07, 6.45) is 3.85. The van der Waals surface area contributed by atoms with Gasteiger partial charge in [-0.2, -0.15) is 0 Å². The van der Waals surface area contributed by atoms with Crippen molar-refractivity contribution >= 4 is 0 Å². The Labute approximate surface area is 153 Å². The molecule has 1 aliphatic rings. The number of benzene rings is 1. The largest absolute Gasteiger partial charge is 0.487 e. The van der Waals surface area contributed by atoms with E-state index in [1.165, 1.54) is 5.56 Å². The number of aryl methyl sites for hydroxylation is 2. The molecule has 0 saturated carbocycles. The van der Waals surface area contributed by atoms with Crippen molar-refractivity contribution in [2.75, 3.05) is 0 Å². The van der Waals surface area contributed by atoms with Crippen molar-refractivity contribution in [2.45, 2.75) is 45.5 Å². The van der Waals surface area contributed by atoms with E-state index in [0.717, 1.165) is 49.0 Å². The van der Waals surface area contributed by atoms with E-state index in [0.29, 0.717) is 12.6 Å². The Balaban J connectivity index is 1.32. The van der Waals surface area contributed by atoms with E-state index >= 15 is 0 Å². The van der Waals surface area contributed by atoms with Gasteiger partial charge in [0, 0.05) is 31.7 Å². The predicted octanol–water partition coefficient (Wildman–Crippen LogP) is 2.67. The molecule has 134 valence electrons. The van der Waals surface area contributed by atoms with Gasteiger partial charge in [-0.25, -0.2) is 0 Å². The van der Waals surface area contributed by atoms with E-state index in [4.69, 9.17) is 4.74 Å². The van der Waals surface area contributed by atoms with Crippen LogP contribution in [-0.4, -0.2) is 25.8 Å². The van der Waals surface area contributed by atoms with Gasteiger partial charge in [-0.15, -0.1) is 10.2 Å². The van der Waals surface area contributed by atoms with Crippen LogP contribution in [0.25, 0.3) is 0 Å². The standard InChI is InChI=1S/C20H23N5O/c1-15-23-24-20-9-8-17(13-25(15)20)22-12-16-5-4-7-19(11-16)26-14-18-6-2-3-10-21-18/h2-7,10-11,17,22H,8-9,12-14H2,1H3/t17-/m1/s1. The van der Waals surface area contributed by atoms with Crippen molar-refractivity contribution < 1.29 is 4.74 Å². The molecule has 1 N–H and O–H groups in total. The minimum absolute atomic E-state index is 0.440. The molecule has 0 saturated heterocycles. The van der Waals surface area contributed by atoms with Gasteiger partial charge in [0.1, 0.15) is 24.0 Å². The summed E-state index contributed by atoms with van der Waals surface area (Å²) < 4.78 is 8.08. The topological polar surface area (TPSA) is 64.9 Å². The van der Waals surface area contributed by atoms with Gasteiger partial charge >= 0.3 is 0 Å². The quantitative estimate of drug-likeness (QED) is 0.741. The normalized spacial score (nSPS) is 16.3. The van der Waals surface area contributed by atoms with Gasteiger partial charge in [-0.05, 0) is 43.2 Å². The Bertz CT molecular complexity index is 862. The van der Waals surface area contributed by atoms with Crippen LogP contribution in [0.5, 0.6) is 5.75 Å². The van der Waals surface area contributed by atoms with Crippen LogP contribution in [0, 0.1) is 6.92 Å². The Morgan fingerprint density at radius 3 is 3.04 bits per heavy atom. The zero-order valence-electron chi connectivity index (χ0n) is 14.9. The van der Waals surface area contributed by atoms with E-state index in [-0.39, 0.29) is 0 Å². The molecule has 3 aromatic rings. The molecule has 6 nitrogen and oxygen atoms in total. The monoisotopic (exact) mass is 349 g/mol. The molecule has 6 heteroatoms. The number of rotatable bonds is 6. The van der Waals surface area contributed by atoms with Gasteiger partial charge in [0.15, 0.2) is 0 Å². The third kappa shape index (κ3) is 3.91. The van der Waals surface area contributed by atoms with Crippen LogP contribution >= 0.6 is 0 Å². The van der Waals surface area contributed by atoms with Crippen LogP contribution in [0.4, 0.5) is 0 Å². The number of aromatic nitrogens is 4. The summed E-state index contributed by atoms with van der Waals surface area (Å²) in [4.78, 5) is 4.28. The first kappa shape index (κ1) is 16.7. The van der Waals surface area contributed by atoms with E-state index < -0.39 is 0 Å². The highest BCUT2D eigenvalue weighted by Gasteiger charge is 2.20. The van der Waals surface area contributed by atoms with Crippen molar-refractivity contribution in [3.63, 3.8) is 0 Å². The Morgan fingerprint density at radius 2 is 2.15 bits per heavy atom. The second kappa shape index (κ2) is 7.66. The average molecular weight is 349 g/mol. The maximum atomic E-state index is 5.87. The van der Waals surface area contributed by atoms with Gasteiger partial charge in [0.05, 0.1) is 5.69 Å². The number of ether oxygens (including phenoxy) is 1. The van der Waals surface area contributed by atoms with Crippen LogP contribution in [0.1, 0.15) is 29.3 Å². The van der Waals surface area contributed by atoms with Gasteiger partial charge in [0.2, 0.25) is 0 Å². The molecule has 1 atom stereocenters. The molecule has 0 aliphatic carbocycles. The molecule has 0 fully saturated rings. The average Bonchev–Trinajstić information content (AvgIpc) is 3.06. The summed E-state index contributed by atoms with van der Waals surface area (Å²) in [5.74, 6) is 2.97. The molecule has 0 amide bonds. The second-order valence-corrected chi connectivity index (χ2v) is 6.65. The SMILES string of the molecule is Cc1nnc2n1C[C@H](NCc1cccc(OCc3ccccn3)c1)CC2. The highest BCUT2D eigenvalue weighted by molar-refractivity contribution is 5.28. The predicted molar refractivity (Wildman–Crippen MR) is 98.7 cm³/mol. The first-order valence-electron chi connectivity index (χ1n) is 9.01. The van der Waals surface area contributed by atoms with Crippen LogP contribution < -0.4 is 10.1 Å². The van der Waals surface area contributed by atoms with E-state index in [1.807, 2.05) is 37.3 Å². The van der Waals surface area contributed by atoms with Crippen LogP contribution in [-0.2, 0) is 26.1 Å². The van der Waals surface area contributed by atoms with E-state index in [2.05, 4.69) is 37.2 Å². The first-order valence-corrected chi connectivity index (χ1v) is 9.01. The fraction of sp³-hybridized carbons (Fsp3) is 0.350. The number of fused-ring (bicyclic) bond motifs is 1. The fourth-order valence-electron chi connectivity index (χ4n) is 3.28. The van der Waals surface area contributed by atoms with Gasteiger partial charge in [-0.3, -0.25) is 4.98 Å². The molecule has 2 aromatic heterocycles. The van der Waals surface area contributed by atoms with Crippen molar-refractivity contribution in [3.8, 4) is 5.75 Å². The third-order valence-corrected chi connectivity index (χ3v) is 4.74. The summed E-state index contributed by atoms with van der Waals surface area (Å²) in [7, 11) is 0. The smallest absolute Gasteiger partial charge is 0.133 e. The lowest BCUT2D eigenvalue weighted by Crippen LogP contribution is -2.37. The molecule has 3 heterocycles. The summed E-state index contributed by atoms with van der Waals surface area (Å²) >= 11 is 0. The minimum Gasteiger partial charge on any atom is -0.487 e. The van der Waals surface area contributed by atoms with E-state index in [9.17, 15) is 0 Å². The number of hydrogen-bond donors (Lipinski definition) is 1. The number of pyridine rings is 1. The molecule has 1 aliphatic heterocycles. The highest BCUT2D eigenvalue weighted by Crippen LogP contribution is 2.17. The third-order valence-electron chi connectivity index (χ3n) is 4.74. The van der Waals surface area contributed by atoms with Crippen molar-refractivity contribution in [2.24, 2.45) is 0 Å². The number of nitrogens with one attached hydrogen (secondary N) is 1. The zero-order valence-corrected chi connectivity index (χ0v) is 14.9. The van der Waals surface area contributed by atoms with Gasteiger partial charge in [-0.1, -0.05) is 18.2 Å². The molecular formula is C20H23N5O.